The van der Waals surface area contributed by atoms with E-state index in [0.29, 0.717) is 6.61 Å². The van der Waals surface area contributed by atoms with Gasteiger partial charge in [-0.05, 0) is 12.8 Å². The van der Waals surface area contributed by atoms with Crippen molar-refractivity contribution in [3.8, 4) is 0 Å². The zero-order valence-corrected chi connectivity index (χ0v) is 22.3. The van der Waals surface area contributed by atoms with Crippen LogP contribution in [0.5, 0.6) is 0 Å². The lowest BCUT2D eigenvalue weighted by molar-refractivity contribution is -0.389. The van der Waals surface area contributed by atoms with E-state index >= 15 is 0 Å². The van der Waals surface area contributed by atoms with E-state index in [0.717, 1.165) is 19.3 Å². The topological polar surface area (TPSA) is 44.8 Å². The third-order valence-corrected chi connectivity index (χ3v) is 6.81. The monoisotopic (exact) mass is 468 g/mol. The Bertz CT molecular complexity index is 427. The first-order valence-electron chi connectivity index (χ1n) is 14.7. The molecule has 196 valence electrons. The molecule has 1 fully saturated rings. The highest BCUT2D eigenvalue weighted by Gasteiger charge is 2.37. The fraction of sp³-hybridized carbons (Fsp3) is 0.966. The Morgan fingerprint density at radius 1 is 0.576 bits per heavy atom. The lowest BCUT2D eigenvalue weighted by atomic mass is 10.0. The maximum Gasteiger partial charge on any atom is 0.283 e. The molecule has 0 bridgehead atoms. The van der Waals surface area contributed by atoms with Crippen LogP contribution in [-0.4, -0.2) is 31.6 Å². The zero-order valence-electron chi connectivity index (χ0n) is 22.3. The van der Waals surface area contributed by atoms with E-state index in [4.69, 9.17) is 14.2 Å². The molecule has 0 saturated carbocycles. The minimum absolute atomic E-state index is 0.00489. The Morgan fingerprint density at radius 2 is 0.939 bits per heavy atom. The molecule has 0 aliphatic carbocycles. The first-order valence-corrected chi connectivity index (χ1v) is 14.7. The molecule has 33 heavy (non-hydrogen) atoms. The smallest absolute Gasteiger partial charge is 0.283 e. The highest BCUT2D eigenvalue weighted by Crippen LogP contribution is 2.27. The van der Waals surface area contributed by atoms with Gasteiger partial charge >= 0.3 is 0 Å². The van der Waals surface area contributed by atoms with Crippen LogP contribution in [0.3, 0.4) is 0 Å². The number of Topliss-reactive ketones (excluding diaryl/α,β-unsaturated/α-hetero) is 1. The fourth-order valence-corrected chi connectivity index (χ4v) is 4.59. The van der Waals surface area contributed by atoms with Crippen molar-refractivity contribution < 1.29 is 19.0 Å². The summed E-state index contributed by atoms with van der Waals surface area (Å²) in [6, 6.07) is 0. The van der Waals surface area contributed by atoms with Gasteiger partial charge in [-0.3, -0.25) is 4.79 Å². The number of unbranched alkanes of at least 4 members (excludes halogenated alkanes) is 19. The SMILES string of the molecule is CCCCCCCCCCCCCCCCCC1(OCCCCCCCC)OCC(=O)CO1. The first-order chi connectivity index (χ1) is 16.2. The molecule has 1 heterocycles. The van der Waals surface area contributed by atoms with E-state index in [1.807, 2.05) is 0 Å². The molecule has 0 aromatic carbocycles. The highest BCUT2D eigenvalue weighted by molar-refractivity contribution is 5.81. The molecule has 4 heteroatoms. The van der Waals surface area contributed by atoms with Gasteiger partial charge in [-0.2, -0.15) is 0 Å². The molecule has 0 unspecified atom stereocenters. The number of hydrogen-bond acceptors (Lipinski definition) is 4. The molecule has 0 aromatic rings. The van der Waals surface area contributed by atoms with Gasteiger partial charge in [0, 0.05) is 6.42 Å². The molecular weight excluding hydrogens is 412 g/mol. The molecule has 1 aliphatic heterocycles. The lowest BCUT2D eigenvalue weighted by Crippen LogP contribution is -2.47. The van der Waals surface area contributed by atoms with E-state index in [2.05, 4.69) is 13.8 Å². The van der Waals surface area contributed by atoms with Crippen LogP contribution in [0.25, 0.3) is 0 Å². The summed E-state index contributed by atoms with van der Waals surface area (Å²) in [4.78, 5) is 11.5. The molecule has 4 nitrogen and oxygen atoms in total. The minimum atomic E-state index is -0.978. The van der Waals surface area contributed by atoms with Gasteiger partial charge in [0.1, 0.15) is 13.2 Å². The van der Waals surface area contributed by atoms with Gasteiger partial charge < -0.3 is 14.2 Å². The summed E-state index contributed by atoms with van der Waals surface area (Å²) in [7, 11) is 0. The van der Waals surface area contributed by atoms with Gasteiger partial charge in [0.15, 0.2) is 5.78 Å². The van der Waals surface area contributed by atoms with Crippen molar-refractivity contribution in [3.63, 3.8) is 0 Å². The molecule has 1 rings (SSSR count). The molecule has 0 amide bonds. The van der Waals surface area contributed by atoms with Gasteiger partial charge in [-0.1, -0.05) is 136 Å². The molecule has 1 aliphatic rings. The van der Waals surface area contributed by atoms with Crippen LogP contribution in [0.2, 0.25) is 0 Å². The van der Waals surface area contributed by atoms with Crippen molar-refractivity contribution in [2.24, 2.45) is 0 Å². The van der Waals surface area contributed by atoms with Crippen molar-refractivity contribution in [2.75, 3.05) is 19.8 Å². The molecule has 0 radical (unpaired) electrons. The minimum Gasteiger partial charge on any atom is -0.327 e. The first kappa shape index (κ1) is 30.6. The second-order valence-electron chi connectivity index (χ2n) is 10.1. The summed E-state index contributed by atoms with van der Waals surface area (Å²) in [6.07, 6.45) is 28.4. The Kier molecular flexibility index (Phi) is 20.4. The van der Waals surface area contributed by atoms with E-state index in [1.165, 1.54) is 122 Å². The Morgan fingerprint density at radius 3 is 1.36 bits per heavy atom. The highest BCUT2D eigenvalue weighted by atomic mass is 16.9. The van der Waals surface area contributed by atoms with Gasteiger partial charge in [0.25, 0.3) is 5.97 Å². The molecule has 1 saturated heterocycles. The number of ketones is 1. The van der Waals surface area contributed by atoms with Gasteiger partial charge in [-0.15, -0.1) is 0 Å². The number of carbonyl (C=O) groups excluding carboxylic acids is 1. The van der Waals surface area contributed by atoms with Gasteiger partial charge in [-0.25, -0.2) is 0 Å². The maximum atomic E-state index is 11.5. The van der Waals surface area contributed by atoms with Crippen molar-refractivity contribution in [1.29, 1.82) is 0 Å². The summed E-state index contributed by atoms with van der Waals surface area (Å²) >= 11 is 0. The molecule has 0 spiro atoms. The van der Waals surface area contributed by atoms with Crippen LogP contribution in [0.15, 0.2) is 0 Å². The van der Waals surface area contributed by atoms with Crippen LogP contribution >= 0.6 is 0 Å². The predicted octanol–water partition coefficient (Wildman–Crippen LogP) is 8.89. The Hall–Kier alpha value is -0.450. The summed E-state index contributed by atoms with van der Waals surface area (Å²) in [6.45, 7) is 5.42. The largest absolute Gasteiger partial charge is 0.327 e. The average Bonchev–Trinajstić information content (AvgIpc) is 2.83. The van der Waals surface area contributed by atoms with E-state index < -0.39 is 5.97 Å². The second kappa shape index (κ2) is 22.0. The summed E-state index contributed by atoms with van der Waals surface area (Å²) < 4.78 is 17.5. The van der Waals surface area contributed by atoms with Crippen LogP contribution in [0.4, 0.5) is 0 Å². The number of hydrogen-bond donors (Lipinski definition) is 0. The van der Waals surface area contributed by atoms with Crippen LogP contribution in [0.1, 0.15) is 155 Å². The standard InChI is InChI=1S/C29H56O4/c1-3-5-7-9-11-12-13-14-15-16-17-18-19-20-22-24-29(32-26-28(30)27-33-29)31-25-23-21-10-8-6-4-2/h3-27H2,1-2H3. The Balaban J connectivity index is 2.00. The lowest BCUT2D eigenvalue weighted by Gasteiger charge is -2.36. The van der Waals surface area contributed by atoms with Gasteiger partial charge in [0.05, 0.1) is 6.61 Å². The van der Waals surface area contributed by atoms with Crippen molar-refractivity contribution in [3.05, 3.63) is 0 Å². The van der Waals surface area contributed by atoms with Crippen molar-refractivity contribution in [2.45, 2.75) is 161 Å². The van der Waals surface area contributed by atoms with Crippen molar-refractivity contribution >= 4 is 5.78 Å². The van der Waals surface area contributed by atoms with Gasteiger partial charge in [0.2, 0.25) is 0 Å². The number of ether oxygens (including phenoxy) is 3. The summed E-state index contributed by atoms with van der Waals surface area (Å²) in [5.41, 5.74) is 0. The molecule has 0 aromatic heterocycles. The summed E-state index contributed by atoms with van der Waals surface area (Å²) in [5, 5.41) is 0. The van der Waals surface area contributed by atoms with Crippen molar-refractivity contribution in [1.82, 2.24) is 0 Å². The van der Waals surface area contributed by atoms with Crippen LogP contribution in [-0.2, 0) is 19.0 Å². The third kappa shape index (κ3) is 17.6. The second-order valence-corrected chi connectivity index (χ2v) is 10.1. The van der Waals surface area contributed by atoms with Crippen LogP contribution in [0, 0.1) is 0 Å². The maximum absolute atomic E-state index is 11.5. The molecular formula is C29H56O4. The molecule has 0 atom stereocenters. The quantitative estimate of drug-likeness (QED) is 0.133. The third-order valence-electron chi connectivity index (χ3n) is 6.81. The Labute approximate surface area is 205 Å². The fourth-order valence-electron chi connectivity index (χ4n) is 4.59. The van der Waals surface area contributed by atoms with E-state index in [1.54, 1.807) is 0 Å². The number of rotatable bonds is 24. The average molecular weight is 469 g/mol. The zero-order chi connectivity index (χ0) is 23.9. The van der Waals surface area contributed by atoms with Crippen LogP contribution < -0.4 is 0 Å². The van der Waals surface area contributed by atoms with E-state index in [-0.39, 0.29) is 19.0 Å². The predicted molar refractivity (Wildman–Crippen MR) is 139 cm³/mol. The molecule has 0 N–H and O–H groups in total. The number of carbonyl (C=O) groups is 1. The van der Waals surface area contributed by atoms with E-state index in [9.17, 15) is 4.79 Å². The normalized spacial score (nSPS) is 15.9. The summed E-state index contributed by atoms with van der Waals surface area (Å²) in [5.74, 6) is -0.973.